The second-order valence-corrected chi connectivity index (χ2v) is 3.40. The van der Waals surface area contributed by atoms with E-state index in [-0.39, 0.29) is 5.88 Å². The van der Waals surface area contributed by atoms with Crippen LogP contribution in [0.2, 0.25) is 0 Å². The Labute approximate surface area is 102 Å². The van der Waals surface area contributed by atoms with Crippen molar-refractivity contribution in [3.05, 3.63) is 22.2 Å². The van der Waals surface area contributed by atoms with E-state index in [9.17, 15) is 10.1 Å². The van der Waals surface area contributed by atoms with Crippen molar-refractivity contribution >= 4 is 16.9 Å². The fourth-order valence-electron chi connectivity index (χ4n) is 1.73. The van der Waals surface area contributed by atoms with E-state index < -0.39 is 4.92 Å². The Morgan fingerprint density at radius 3 is 2.28 bits per heavy atom. The van der Waals surface area contributed by atoms with Gasteiger partial charge in [0, 0.05) is 6.07 Å². The number of hydrogen-bond donors (Lipinski definition) is 0. The quantitative estimate of drug-likeness (QED) is 0.614. The molecule has 2 aromatic rings. The van der Waals surface area contributed by atoms with Crippen molar-refractivity contribution in [2.45, 2.75) is 0 Å². The van der Waals surface area contributed by atoms with Gasteiger partial charge in [0.25, 0.3) is 0 Å². The molecule has 0 aliphatic rings. The number of rotatable bonds is 4. The number of furan rings is 1. The highest BCUT2D eigenvalue weighted by molar-refractivity contribution is 5.91. The lowest BCUT2D eigenvalue weighted by Crippen LogP contribution is -1.94. The molecule has 1 aromatic heterocycles. The van der Waals surface area contributed by atoms with Crippen LogP contribution in [0.25, 0.3) is 11.0 Å². The normalized spacial score (nSPS) is 10.4. The summed E-state index contributed by atoms with van der Waals surface area (Å²) in [6.45, 7) is 0. The number of benzene rings is 1. The molecule has 0 bridgehead atoms. The molecule has 0 atom stereocenters. The maximum absolute atomic E-state index is 10.7. The van der Waals surface area contributed by atoms with Crippen molar-refractivity contribution < 1.29 is 23.6 Å². The first kappa shape index (κ1) is 12.0. The summed E-state index contributed by atoms with van der Waals surface area (Å²) >= 11 is 0. The molecule has 0 unspecified atom stereocenters. The van der Waals surface area contributed by atoms with E-state index >= 15 is 0 Å². The van der Waals surface area contributed by atoms with E-state index in [0.717, 1.165) is 0 Å². The van der Waals surface area contributed by atoms with Crippen LogP contribution in [-0.2, 0) is 0 Å². The molecule has 96 valence electrons. The van der Waals surface area contributed by atoms with E-state index in [1.165, 1.54) is 33.5 Å². The number of ether oxygens (including phenoxy) is 3. The molecule has 1 heterocycles. The SMILES string of the molecule is COc1cc2oc([N+](=O)[O-])cc2c(OC)c1OC. The van der Waals surface area contributed by atoms with Crippen LogP contribution < -0.4 is 14.2 Å². The van der Waals surface area contributed by atoms with Crippen molar-refractivity contribution in [3.8, 4) is 17.2 Å². The van der Waals surface area contributed by atoms with Crippen LogP contribution in [0.5, 0.6) is 17.2 Å². The van der Waals surface area contributed by atoms with Crippen LogP contribution in [0.3, 0.4) is 0 Å². The molecule has 0 saturated carbocycles. The molecular formula is C11H11NO6. The van der Waals surface area contributed by atoms with E-state index in [1.54, 1.807) is 0 Å². The molecule has 0 saturated heterocycles. The molecule has 0 spiro atoms. The van der Waals surface area contributed by atoms with Gasteiger partial charge >= 0.3 is 5.88 Å². The van der Waals surface area contributed by atoms with Crippen molar-refractivity contribution in [1.82, 2.24) is 0 Å². The largest absolute Gasteiger partial charge is 0.493 e. The maximum Gasteiger partial charge on any atom is 0.434 e. The lowest BCUT2D eigenvalue weighted by molar-refractivity contribution is -0.401. The highest BCUT2D eigenvalue weighted by atomic mass is 16.6. The monoisotopic (exact) mass is 253 g/mol. The minimum absolute atomic E-state index is 0.302. The third kappa shape index (κ3) is 1.69. The molecule has 1 aromatic carbocycles. The third-order valence-corrected chi connectivity index (χ3v) is 2.49. The molecule has 2 rings (SSSR count). The number of methoxy groups -OCH3 is 3. The topological polar surface area (TPSA) is 84.0 Å². The lowest BCUT2D eigenvalue weighted by atomic mass is 10.2. The first-order valence-corrected chi connectivity index (χ1v) is 4.99. The van der Waals surface area contributed by atoms with E-state index in [0.29, 0.717) is 28.2 Å². The summed E-state index contributed by atoms with van der Waals surface area (Å²) in [4.78, 5) is 10.1. The van der Waals surface area contributed by atoms with Crippen LogP contribution in [0.15, 0.2) is 16.5 Å². The second kappa shape index (κ2) is 4.44. The van der Waals surface area contributed by atoms with E-state index in [2.05, 4.69) is 0 Å². The van der Waals surface area contributed by atoms with Gasteiger partial charge in [-0.2, -0.15) is 0 Å². The predicted molar refractivity (Wildman–Crippen MR) is 62.5 cm³/mol. The van der Waals surface area contributed by atoms with Gasteiger partial charge in [0.15, 0.2) is 11.5 Å². The zero-order valence-electron chi connectivity index (χ0n) is 10.1. The molecule has 7 heteroatoms. The van der Waals surface area contributed by atoms with Crippen LogP contribution >= 0.6 is 0 Å². The summed E-state index contributed by atoms with van der Waals surface area (Å²) < 4.78 is 20.6. The van der Waals surface area contributed by atoms with Crippen molar-refractivity contribution in [3.63, 3.8) is 0 Å². The van der Waals surface area contributed by atoms with E-state index in [4.69, 9.17) is 18.6 Å². The first-order valence-electron chi connectivity index (χ1n) is 4.99. The van der Waals surface area contributed by atoms with Crippen molar-refractivity contribution in [2.24, 2.45) is 0 Å². The fraction of sp³-hybridized carbons (Fsp3) is 0.273. The molecule has 7 nitrogen and oxygen atoms in total. The zero-order valence-corrected chi connectivity index (χ0v) is 10.1. The summed E-state index contributed by atoms with van der Waals surface area (Å²) in [5.74, 6) is 0.719. The van der Waals surface area contributed by atoms with Gasteiger partial charge in [0.2, 0.25) is 5.75 Å². The Bertz CT molecular complexity index is 603. The number of fused-ring (bicyclic) bond motifs is 1. The lowest BCUT2D eigenvalue weighted by Gasteiger charge is -2.11. The van der Waals surface area contributed by atoms with Crippen LogP contribution in [0.1, 0.15) is 0 Å². The van der Waals surface area contributed by atoms with Crippen LogP contribution in [0, 0.1) is 10.1 Å². The highest BCUT2D eigenvalue weighted by Gasteiger charge is 2.22. The highest BCUT2D eigenvalue weighted by Crippen LogP contribution is 2.45. The molecule has 0 fully saturated rings. The Morgan fingerprint density at radius 1 is 1.11 bits per heavy atom. The van der Waals surface area contributed by atoms with Crippen LogP contribution in [-0.4, -0.2) is 26.3 Å². The number of hydrogen-bond acceptors (Lipinski definition) is 6. The van der Waals surface area contributed by atoms with Crippen LogP contribution in [0.4, 0.5) is 5.88 Å². The minimum Gasteiger partial charge on any atom is -0.493 e. The molecular weight excluding hydrogens is 242 g/mol. The van der Waals surface area contributed by atoms with Gasteiger partial charge in [0.05, 0.1) is 32.8 Å². The maximum atomic E-state index is 10.7. The number of nitrogens with zero attached hydrogens (tertiary/aromatic N) is 1. The first-order chi connectivity index (χ1) is 8.62. The Morgan fingerprint density at radius 2 is 1.78 bits per heavy atom. The minimum atomic E-state index is -0.613. The Balaban J connectivity index is 2.79. The van der Waals surface area contributed by atoms with Crippen molar-refractivity contribution in [1.29, 1.82) is 0 Å². The molecule has 18 heavy (non-hydrogen) atoms. The third-order valence-electron chi connectivity index (χ3n) is 2.49. The molecule has 0 aliphatic carbocycles. The summed E-state index contributed by atoms with van der Waals surface area (Å²) in [6.07, 6.45) is 0. The second-order valence-electron chi connectivity index (χ2n) is 3.40. The molecule has 0 N–H and O–H groups in total. The predicted octanol–water partition coefficient (Wildman–Crippen LogP) is 2.37. The Kier molecular flexibility index (Phi) is 2.97. The Hall–Kier alpha value is -2.44. The fourth-order valence-corrected chi connectivity index (χ4v) is 1.73. The van der Waals surface area contributed by atoms with Gasteiger partial charge < -0.3 is 18.6 Å². The average molecular weight is 253 g/mol. The van der Waals surface area contributed by atoms with Gasteiger partial charge in [-0.3, -0.25) is 10.1 Å². The number of nitro groups is 1. The zero-order chi connectivity index (χ0) is 13.3. The molecule has 0 radical (unpaired) electrons. The van der Waals surface area contributed by atoms with Gasteiger partial charge in [-0.25, -0.2) is 0 Å². The van der Waals surface area contributed by atoms with Gasteiger partial charge in [-0.1, -0.05) is 0 Å². The smallest absolute Gasteiger partial charge is 0.434 e. The molecule has 0 aliphatic heterocycles. The van der Waals surface area contributed by atoms with Gasteiger partial charge in [-0.05, 0) is 0 Å². The van der Waals surface area contributed by atoms with E-state index in [1.807, 2.05) is 0 Å². The average Bonchev–Trinajstić information content (AvgIpc) is 2.79. The van der Waals surface area contributed by atoms with Gasteiger partial charge in [-0.15, -0.1) is 0 Å². The standard InChI is InChI=1S/C11H11NO6/c1-15-8-5-7-6(4-9(18-7)12(13)14)10(16-2)11(8)17-3/h4-5H,1-3H3. The molecule has 0 amide bonds. The van der Waals surface area contributed by atoms with Crippen molar-refractivity contribution in [2.75, 3.05) is 21.3 Å². The summed E-state index contributed by atoms with van der Waals surface area (Å²) in [5.41, 5.74) is 0.302. The summed E-state index contributed by atoms with van der Waals surface area (Å²) in [6, 6.07) is 2.81. The summed E-state index contributed by atoms with van der Waals surface area (Å²) in [5, 5.41) is 11.1. The summed E-state index contributed by atoms with van der Waals surface area (Å²) in [7, 11) is 4.36. The van der Waals surface area contributed by atoms with Gasteiger partial charge in [0.1, 0.15) is 10.5 Å².